The fourth-order valence-corrected chi connectivity index (χ4v) is 2.52. The molecule has 0 heterocycles. The van der Waals surface area contributed by atoms with Gasteiger partial charge in [-0.15, -0.1) is 0 Å². The number of hydrogen-bond acceptors (Lipinski definition) is 4. The molecule has 0 aliphatic heterocycles. The van der Waals surface area contributed by atoms with Gasteiger partial charge in [-0.2, -0.15) is 5.10 Å². The number of benzene rings is 3. The van der Waals surface area contributed by atoms with Crippen LogP contribution in [0.1, 0.15) is 12.5 Å². The van der Waals surface area contributed by atoms with Crippen molar-refractivity contribution in [2.75, 3.05) is 18.5 Å². The Bertz CT molecular complexity index is 905. The van der Waals surface area contributed by atoms with Crippen molar-refractivity contribution in [3.05, 3.63) is 72.3 Å². The summed E-state index contributed by atoms with van der Waals surface area (Å²) in [5, 5.41) is 9.38. The molecule has 132 valence electrons. The van der Waals surface area contributed by atoms with E-state index in [1.165, 1.54) is 5.39 Å². The van der Waals surface area contributed by atoms with Gasteiger partial charge in [0.25, 0.3) is 5.91 Å². The van der Waals surface area contributed by atoms with E-state index >= 15 is 0 Å². The Morgan fingerprint density at radius 2 is 1.81 bits per heavy atom. The molecular weight excluding hydrogens is 326 g/mol. The van der Waals surface area contributed by atoms with Crippen molar-refractivity contribution in [2.45, 2.75) is 6.92 Å². The summed E-state index contributed by atoms with van der Waals surface area (Å²) in [4.78, 5) is 11.9. The lowest BCUT2D eigenvalue weighted by atomic mass is 10.1. The Kier molecular flexibility index (Phi) is 5.83. The van der Waals surface area contributed by atoms with Crippen molar-refractivity contribution in [2.24, 2.45) is 5.10 Å². The molecule has 0 saturated heterocycles. The van der Waals surface area contributed by atoms with Crippen molar-refractivity contribution in [1.82, 2.24) is 5.43 Å². The Hall–Kier alpha value is -3.34. The first kappa shape index (κ1) is 17.5. The van der Waals surface area contributed by atoms with Crippen LogP contribution in [-0.2, 0) is 4.79 Å². The smallest absolute Gasteiger partial charge is 0.259 e. The summed E-state index contributed by atoms with van der Waals surface area (Å²) in [7, 11) is 0. The highest BCUT2D eigenvalue weighted by atomic mass is 16.5. The van der Waals surface area contributed by atoms with Gasteiger partial charge in [-0.05, 0) is 59.7 Å². The molecule has 0 unspecified atom stereocenters. The largest absolute Gasteiger partial charge is 0.494 e. The van der Waals surface area contributed by atoms with Gasteiger partial charge in [-0.25, -0.2) is 5.43 Å². The zero-order valence-electron chi connectivity index (χ0n) is 14.6. The van der Waals surface area contributed by atoms with Crippen LogP contribution in [0.5, 0.6) is 5.75 Å². The second-order valence-corrected chi connectivity index (χ2v) is 5.71. The molecule has 3 aromatic rings. The fraction of sp³-hybridized carbons (Fsp3) is 0.143. The third-order valence-corrected chi connectivity index (χ3v) is 3.80. The molecule has 2 N–H and O–H groups in total. The average Bonchev–Trinajstić information content (AvgIpc) is 2.68. The minimum Gasteiger partial charge on any atom is -0.494 e. The molecule has 5 nitrogen and oxygen atoms in total. The molecule has 26 heavy (non-hydrogen) atoms. The standard InChI is InChI=1S/C21H21N3O2/c1-2-26-20-11-7-16(8-12-20)14-23-24-21(25)15-22-19-10-9-17-5-3-4-6-18(17)13-19/h3-14,22H,2,15H2,1H3,(H,24,25). The van der Waals surface area contributed by atoms with Gasteiger partial charge in [-0.1, -0.05) is 30.3 Å². The van der Waals surface area contributed by atoms with Crippen LogP contribution in [0.2, 0.25) is 0 Å². The number of hydrazone groups is 1. The molecule has 3 aromatic carbocycles. The molecule has 0 aliphatic carbocycles. The predicted molar refractivity (Wildman–Crippen MR) is 106 cm³/mol. The SMILES string of the molecule is CCOc1ccc(C=NNC(=O)CNc2ccc3ccccc3c2)cc1. The predicted octanol–water partition coefficient (Wildman–Crippen LogP) is 3.80. The van der Waals surface area contributed by atoms with Gasteiger partial charge in [0, 0.05) is 5.69 Å². The van der Waals surface area contributed by atoms with Crippen LogP contribution in [0.4, 0.5) is 5.69 Å². The lowest BCUT2D eigenvalue weighted by Crippen LogP contribution is -2.25. The lowest BCUT2D eigenvalue weighted by molar-refractivity contribution is -0.119. The van der Waals surface area contributed by atoms with E-state index in [0.717, 1.165) is 22.4 Å². The van der Waals surface area contributed by atoms with Crippen LogP contribution in [-0.4, -0.2) is 25.3 Å². The van der Waals surface area contributed by atoms with E-state index in [4.69, 9.17) is 4.74 Å². The molecule has 0 aliphatic rings. The molecule has 0 atom stereocenters. The third kappa shape index (κ3) is 4.83. The number of carbonyl (C=O) groups excluding carboxylic acids is 1. The van der Waals surface area contributed by atoms with Crippen LogP contribution >= 0.6 is 0 Å². The molecule has 0 bridgehead atoms. The normalized spacial score (nSPS) is 10.8. The number of rotatable bonds is 7. The maximum absolute atomic E-state index is 11.9. The zero-order chi connectivity index (χ0) is 18.2. The van der Waals surface area contributed by atoms with Gasteiger partial charge in [0.15, 0.2) is 0 Å². The van der Waals surface area contributed by atoms with Crippen molar-refractivity contribution in [3.8, 4) is 5.75 Å². The van der Waals surface area contributed by atoms with Gasteiger partial charge in [0.1, 0.15) is 5.75 Å². The first-order valence-corrected chi connectivity index (χ1v) is 8.52. The van der Waals surface area contributed by atoms with E-state index in [2.05, 4.69) is 21.9 Å². The Morgan fingerprint density at radius 1 is 1.04 bits per heavy atom. The number of nitrogens with one attached hydrogen (secondary N) is 2. The van der Waals surface area contributed by atoms with Gasteiger partial charge in [-0.3, -0.25) is 4.79 Å². The molecule has 5 heteroatoms. The highest BCUT2D eigenvalue weighted by molar-refractivity contribution is 5.87. The minimum atomic E-state index is -0.208. The van der Waals surface area contributed by atoms with Crippen molar-refractivity contribution >= 4 is 28.6 Å². The summed E-state index contributed by atoms with van der Waals surface area (Å²) in [6, 6.07) is 21.6. The Morgan fingerprint density at radius 3 is 2.58 bits per heavy atom. The highest BCUT2D eigenvalue weighted by Crippen LogP contribution is 2.18. The quantitative estimate of drug-likeness (QED) is 0.505. The van der Waals surface area contributed by atoms with Gasteiger partial charge < -0.3 is 10.1 Å². The lowest BCUT2D eigenvalue weighted by Gasteiger charge is -2.06. The van der Waals surface area contributed by atoms with E-state index in [0.29, 0.717) is 6.61 Å². The Balaban J connectivity index is 1.48. The average molecular weight is 347 g/mol. The summed E-state index contributed by atoms with van der Waals surface area (Å²) < 4.78 is 5.38. The van der Waals surface area contributed by atoms with Crippen LogP contribution in [0.15, 0.2) is 71.8 Å². The summed E-state index contributed by atoms with van der Waals surface area (Å²) in [5.74, 6) is 0.605. The van der Waals surface area contributed by atoms with Crippen LogP contribution < -0.4 is 15.5 Å². The summed E-state index contributed by atoms with van der Waals surface area (Å²) >= 11 is 0. The van der Waals surface area contributed by atoms with Crippen molar-refractivity contribution < 1.29 is 9.53 Å². The molecule has 3 rings (SSSR count). The molecule has 0 fully saturated rings. The molecule has 0 aromatic heterocycles. The van der Waals surface area contributed by atoms with Crippen molar-refractivity contribution in [1.29, 1.82) is 0 Å². The number of hydrogen-bond donors (Lipinski definition) is 2. The summed E-state index contributed by atoms with van der Waals surface area (Å²) in [6.07, 6.45) is 1.60. The highest BCUT2D eigenvalue weighted by Gasteiger charge is 2.01. The topological polar surface area (TPSA) is 62.7 Å². The van der Waals surface area contributed by atoms with Crippen LogP contribution in [0, 0.1) is 0 Å². The zero-order valence-corrected chi connectivity index (χ0v) is 14.6. The molecule has 0 saturated carbocycles. The summed E-state index contributed by atoms with van der Waals surface area (Å²) in [5.41, 5.74) is 4.30. The molecule has 0 radical (unpaired) electrons. The monoisotopic (exact) mass is 347 g/mol. The third-order valence-electron chi connectivity index (χ3n) is 3.80. The first-order valence-electron chi connectivity index (χ1n) is 8.52. The molecule has 1 amide bonds. The molecule has 0 spiro atoms. The Labute approximate surface area is 152 Å². The first-order chi connectivity index (χ1) is 12.7. The van der Waals surface area contributed by atoms with E-state index in [1.807, 2.05) is 67.6 Å². The minimum absolute atomic E-state index is 0.152. The van der Waals surface area contributed by atoms with E-state index in [-0.39, 0.29) is 12.5 Å². The number of ether oxygens (including phenoxy) is 1. The number of amides is 1. The van der Waals surface area contributed by atoms with E-state index < -0.39 is 0 Å². The maximum Gasteiger partial charge on any atom is 0.259 e. The van der Waals surface area contributed by atoms with Crippen LogP contribution in [0.25, 0.3) is 10.8 Å². The summed E-state index contributed by atoms with van der Waals surface area (Å²) in [6.45, 7) is 2.73. The number of anilines is 1. The maximum atomic E-state index is 11.9. The number of carbonyl (C=O) groups is 1. The van der Waals surface area contributed by atoms with E-state index in [1.54, 1.807) is 6.21 Å². The molecular formula is C21H21N3O2. The number of fused-ring (bicyclic) bond motifs is 1. The number of nitrogens with zero attached hydrogens (tertiary/aromatic N) is 1. The van der Waals surface area contributed by atoms with Gasteiger partial charge >= 0.3 is 0 Å². The fourth-order valence-electron chi connectivity index (χ4n) is 2.52. The van der Waals surface area contributed by atoms with Crippen molar-refractivity contribution in [3.63, 3.8) is 0 Å². The van der Waals surface area contributed by atoms with Gasteiger partial charge in [0.05, 0.1) is 19.4 Å². The van der Waals surface area contributed by atoms with E-state index in [9.17, 15) is 4.79 Å². The second-order valence-electron chi connectivity index (χ2n) is 5.71. The second kappa shape index (κ2) is 8.67. The van der Waals surface area contributed by atoms with Crippen LogP contribution in [0.3, 0.4) is 0 Å². The van der Waals surface area contributed by atoms with Gasteiger partial charge in [0.2, 0.25) is 0 Å².